The smallest absolute Gasteiger partial charge is 0.232 e. The van der Waals surface area contributed by atoms with Gasteiger partial charge in [0.25, 0.3) is 0 Å². The third-order valence-corrected chi connectivity index (χ3v) is 3.65. The molecule has 0 bridgehead atoms. The van der Waals surface area contributed by atoms with Crippen molar-refractivity contribution in [2.75, 3.05) is 19.8 Å². The van der Waals surface area contributed by atoms with Gasteiger partial charge in [-0.1, -0.05) is 29.3 Å². The van der Waals surface area contributed by atoms with Gasteiger partial charge < -0.3 is 4.90 Å². The quantitative estimate of drug-likeness (QED) is 0.781. The summed E-state index contributed by atoms with van der Waals surface area (Å²) in [7, 11) is 3.44. The lowest BCUT2D eigenvalue weighted by molar-refractivity contribution is -0.125. The van der Waals surface area contributed by atoms with Crippen LogP contribution < -0.4 is 0 Å². The SMILES string of the molecule is CN(C)C(=O)CSc1cc[c]c(Cl)c1Cl. The van der Waals surface area contributed by atoms with Gasteiger partial charge in [-0.15, -0.1) is 11.8 Å². The second kappa shape index (κ2) is 5.64. The number of amides is 1. The fraction of sp³-hybridized carbons (Fsp3) is 0.300. The van der Waals surface area contributed by atoms with Gasteiger partial charge in [-0.3, -0.25) is 4.79 Å². The standard InChI is InChI=1S/C10H10Cl2NOS/c1-13(2)9(14)6-15-8-5-3-4-7(11)10(8)12/h3,5H,6H2,1-2H3. The molecule has 2 nitrogen and oxygen atoms in total. The van der Waals surface area contributed by atoms with E-state index in [0.29, 0.717) is 15.8 Å². The molecule has 0 saturated carbocycles. The van der Waals surface area contributed by atoms with Gasteiger partial charge in [0.1, 0.15) is 0 Å². The lowest BCUT2D eigenvalue weighted by atomic mass is 10.4. The van der Waals surface area contributed by atoms with Crippen LogP contribution in [0.2, 0.25) is 10.0 Å². The molecule has 1 radical (unpaired) electrons. The van der Waals surface area contributed by atoms with Crippen LogP contribution in [-0.4, -0.2) is 30.7 Å². The Kier molecular flexibility index (Phi) is 4.77. The Morgan fingerprint density at radius 2 is 2.20 bits per heavy atom. The van der Waals surface area contributed by atoms with Crippen LogP contribution in [-0.2, 0) is 4.79 Å². The Morgan fingerprint density at radius 1 is 1.53 bits per heavy atom. The number of rotatable bonds is 3. The molecule has 0 saturated heterocycles. The summed E-state index contributed by atoms with van der Waals surface area (Å²) >= 11 is 13.1. The molecule has 0 N–H and O–H groups in total. The Hall–Kier alpha value is -0.380. The second-order valence-corrected chi connectivity index (χ2v) is 4.82. The highest BCUT2D eigenvalue weighted by molar-refractivity contribution is 8.00. The van der Waals surface area contributed by atoms with Crippen molar-refractivity contribution in [1.82, 2.24) is 4.90 Å². The first-order valence-electron chi connectivity index (χ1n) is 4.21. The van der Waals surface area contributed by atoms with E-state index < -0.39 is 0 Å². The average Bonchev–Trinajstić information content (AvgIpc) is 2.19. The van der Waals surface area contributed by atoms with E-state index in [4.69, 9.17) is 23.2 Å². The molecule has 0 unspecified atom stereocenters. The minimum absolute atomic E-state index is 0.0417. The molecule has 81 valence electrons. The molecule has 1 aromatic rings. The molecule has 0 aliphatic rings. The third-order valence-electron chi connectivity index (χ3n) is 1.70. The first kappa shape index (κ1) is 12.7. The van der Waals surface area contributed by atoms with Crippen molar-refractivity contribution in [2.24, 2.45) is 0 Å². The van der Waals surface area contributed by atoms with Crippen molar-refractivity contribution in [3.8, 4) is 0 Å². The summed E-state index contributed by atoms with van der Waals surface area (Å²) in [6, 6.07) is 6.26. The Bertz CT molecular complexity index is 368. The number of thioether (sulfide) groups is 1. The van der Waals surface area contributed by atoms with E-state index in [1.54, 1.807) is 26.2 Å². The highest BCUT2D eigenvalue weighted by Gasteiger charge is 2.09. The summed E-state index contributed by atoms with van der Waals surface area (Å²) in [5.41, 5.74) is 0. The molecule has 1 rings (SSSR count). The Morgan fingerprint density at radius 3 is 2.80 bits per heavy atom. The fourth-order valence-corrected chi connectivity index (χ4v) is 2.25. The number of hydrogen-bond acceptors (Lipinski definition) is 2. The summed E-state index contributed by atoms with van der Waals surface area (Å²) in [6.45, 7) is 0. The van der Waals surface area contributed by atoms with E-state index in [0.717, 1.165) is 4.90 Å². The molecule has 0 fully saturated rings. The molecule has 5 heteroatoms. The van der Waals surface area contributed by atoms with Gasteiger partial charge in [-0.05, 0) is 6.07 Å². The van der Waals surface area contributed by atoms with Gasteiger partial charge in [0.05, 0.1) is 15.8 Å². The number of hydrogen-bond donors (Lipinski definition) is 0. The van der Waals surface area contributed by atoms with Crippen molar-refractivity contribution in [3.05, 3.63) is 28.2 Å². The highest BCUT2D eigenvalue weighted by Crippen LogP contribution is 2.32. The van der Waals surface area contributed by atoms with Crippen LogP contribution in [0.25, 0.3) is 0 Å². The van der Waals surface area contributed by atoms with E-state index in [1.165, 1.54) is 16.7 Å². The molecule has 1 amide bonds. The van der Waals surface area contributed by atoms with Crippen LogP contribution in [0.5, 0.6) is 0 Å². The molecule has 0 aliphatic heterocycles. The molecule has 0 heterocycles. The number of carbonyl (C=O) groups excluding carboxylic acids is 1. The molecule has 0 aliphatic carbocycles. The number of benzene rings is 1. The highest BCUT2D eigenvalue weighted by atomic mass is 35.5. The maximum absolute atomic E-state index is 11.3. The Labute approximate surface area is 104 Å². The zero-order valence-electron chi connectivity index (χ0n) is 8.38. The van der Waals surface area contributed by atoms with Crippen LogP contribution in [0.15, 0.2) is 17.0 Å². The minimum Gasteiger partial charge on any atom is -0.348 e. The summed E-state index contributed by atoms with van der Waals surface area (Å²) < 4.78 is 0. The van der Waals surface area contributed by atoms with Crippen molar-refractivity contribution in [3.63, 3.8) is 0 Å². The maximum Gasteiger partial charge on any atom is 0.232 e. The maximum atomic E-state index is 11.3. The third kappa shape index (κ3) is 3.59. The summed E-state index contributed by atoms with van der Waals surface area (Å²) in [6.07, 6.45) is 0. The topological polar surface area (TPSA) is 20.3 Å². The van der Waals surface area contributed by atoms with Crippen LogP contribution in [0.4, 0.5) is 0 Å². The number of nitrogens with zero attached hydrogens (tertiary/aromatic N) is 1. The number of halogens is 2. The average molecular weight is 263 g/mol. The summed E-state index contributed by atoms with van der Waals surface area (Å²) in [4.78, 5) is 13.7. The van der Waals surface area contributed by atoms with Crippen LogP contribution in [0.3, 0.4) is 0 Å². The molecule has 0 atom stereocenters. The predicted molar refractivity (Wildman–Crippen MR) is 64.7 cm³/mol. The van der Waals surface area contributed by atoms with Crippen LogP contribution in [0, 0.1) is 6.07 Å². The zero-order chi connectivity index (χ0) is 11.4. The van der Waals surface area contributed by atoms with E-state index >= 15 is 0 Å². The molecule has 15 heavy (non-hydrogen) atoms. The van der Waals surface area contributed by atoms with Gasteiger partial charge in [-0.25, -0.2) is 0 Å². The zero-order valence-corrected chi connectivity index (χ0v) is 10.7. The van der Waals surface area contributed by atoms with Gasteiger partial charge >= 0.3 is 0 Å². The molecular weight excluding hydrogens is 253 g/mol. The lowest BCUT2D eigenvalue weighted by Gasteiger charge is -2.10. The first-order valence-corrected chi connectivity index (χ1v) is 5.95. The van der Waals surface area contributed by atoms with Crippen LogP contribution >= 0.6 is 35.0 Å². The fourth-order valence-electron chi connectivity index (χ4n) is 0.815. The van der Waals surface area contributed by atoms with E-state index in [2.05, 4.69) is 6.07 Å². The van der Waals surface area contributed by atoms with Gasteiger partial charge in [0.15, 0.2) is 0 Å². The Balaban J connectivity index is 2.66. The van der Waals surface area contributed by atoms with Gasteiger partial charge in [0.2, 0.25) is 5.91 Å². The monoisotopic (exact) mass is 262 g/mol. The van der Waals surface area contributed by atoms with Crippen molar-refractivity contribution < 1.29 is 4.79 Å². The largest absolute Gasteiger partial charge is 0.348 e. The van der Waals surface area contributed by atoms with Crippen LogP contribution in [0.1, 0.15) is 0 Å². The molecular formula is C10H10Cl2NOS. The molecule has 0 spiro atoms. The number of carbonyl (C=O) groups is 1. The van der Waals surface area contributed by atoms with Gasteiger partial charge in [-0.2, -0.15) is 0 Å². The summed E-state index contributed by atoms with van der Waals surface area (Å²) in [5, 5.41) is 0.842. The molecule has 1 aromatic carbocycles. The summed E-state index contributed by atoms with van der Waals surface area (Å²) in [5.74, 6) is 0.396. The molecule has 0 aromatic heterocycles. The van der Waals surface area contributed by atoms with Crippen molar-refractivity contribution >= 4 is 40.9 Å². The van der Waals surface area contributed by atoms with Crippen molar-refractivity contribution in [2.45, 2.75) is 4.90 Å². The van der Waals surface area contributed by atoms with Gasteiger partial charge in [0, 0.05) is 25.1 Å². The van der Waals surface area contributed by atoms with E-state index in [-0.39, 0.29) is 5.91 Å². The van der Waals surface area contributed by atoms with E-state index in [9.17, 15) is 4.79 Å². The lowest BCUT2D eigenvalue weighted by Crippen LogP contribution is -2.23. The first-order chi connectivity index (χ1) is 7.02. The second-order valence-electron chi connectivity index (χ2n) is 3.05. The van der Waals surface area contributed by atoms with Crippen molar-refractivity contribution in [1.29, 1.82) is 0 Å². The minimum atomic E-state index is 0.0417. The normalized spacial score (nSPS) is 10.1. The van der Waals surface area contributed by atoms with E-state index in [1.807, 2.05) is 0 Å². The predicted octanol–water partition coefficient (Wildman–Crippen LogP) is 2.97.